The first kappa shape index (κ1) is 16.2. The van der Waals surface area contributed by atoms with Crippen molar-refractivity contribution in [1.82, 2.24) is 9.69 Å². The van der Waals surface area contributed by atoms with Gasteiger partial charge in [-0.1, -0.05) is 0 Å². The highest BCUT2D eigenvalue weighted by Crippen LogP contribution is 2.28. The first-order valence-corrected chi connectivity index (χ1v) is 6.76. The molecule has 8 heteroatoms. The van der Waals surface area contributed by atoms with Gasteiger partial charge in [0.1, 0.15) is 5.60 Å². The molecule has 0 saturated carbocycles. The third-order valence-electron chi connectivity index (χ3n) is 2.20. The molecule has 1 rings (SSSR count). The Kier molecular flexibility index (Phi) is 5.32. The van der Waals surface area contributed by atoms with E-state index >= 15 is 0 Å². The van der Waals surface area contributed by atoms with Crippen LogP contribution in [0.2, 0.25) is 0 Å². The van der Waals surface area contributed by atoms with Crippen molar-refractivity contribution in [3.05, 3.63) is 10.9 Å². The van der Waals surface area contributed by atoms with Crippen LogP contribution in [-0.4, -0.2) is 34.3 Å². The number of hydrogen-bond acceptors (Lipinski definition) is 6. The fourth-order valence-electron chi connectivity index (χ4n) is 1.48. The normalized spacial score (nSPS) is 12.6. The van der Waals surface area contributed by atoms with Gasteiger partial charge in [0, 0.05) is 10.9 Å². The van der Waals surface area contributed by atoms with Crippen molar-refractivity contribution in [1.29, 1.82) is 0 Å². The van der Waals surface area contributed by atoms with E-state index in [1.54, 1.807) is 26.2 Å². The number of nitrogens with zero attached hydrogens (tertiary/aromatic N) is 1. The molecule has 1 amide bonds. The van der Waals surface area contributed by atoms with Gasteiger partial charge < -0.3 is 19.9 Å². The maximum atomic E-state index is 11.8. The van der Waals surface area contributed by atoms with E-state index in [4.69, 9.17) is 14.6 Å². The van der Waals surface area contributed by atoms with Gasteiger partial charge in [0.05, 0.1) is 19.6 Å². The third-order valence-corrected chi connectivity index (χ3v) is 2.83. The van der Waals surface area contributed by atoms with Crippen LogP contribution in [0.3, 0.4) is 0 Å². The number of hydrogen-bond donors (Lipinski definition) is 2. The highest BCUT2D eigenvalue weighted by Gasteiger charge is 2.25. The number of carbonyl (C=O) groups is 2. The van der Waals surface area contributed by atoms with Gasteiger partial charge >= 0.3 is 12.1 Å². The van der Waals surface area contributed by atoms with Gasteiger partial charge in [-0.25, -0.2) is 4.79 Å². The van der Waals surface area contributed by atoms with Crippen LogP contribution < -0.4 is 10.1 Å². The Balaban J connectivity index is 2.85. The number of amides is 1. The molecule has 0 bridgehead atoms. The lowest BCUT2D eigenvalue weighted by Gasteiger charge is -2.22. The number of methoxy groups -OCH3 is 1. The first-order chi connectivity index (χ1) is 9.23. The molecule has 0 aromatic carbocycles. The molecule has 1 heterocycles. The summed E-state index contributed by atoms with van der Waals surface area (Å²) in [5.74, 6) is -0.739. The zero-order valence-electron chi connectivity index (χ0n) is 11.8. The van der Waals surface area contributed by atoms with Crippen LogP contribution in [-0.2, 0) is 9.53 Å². The molecule has 1 aromatic heterocycles. The molecular formula is C12H18N2O5S. The number of aliphatic carboxylic acids is 1. The quantitative estimate of drug-likeness (QED) is 0.865. The number of ether oxygens (including phenoxy) is 2. The predicted octanol–water partition coefficient (Wildman–Crippen LogP) is 2.19. The van der Waals surface area contributed by atoms with E-state index in [0.29, 0.717) is 11.4 Å². The molecule has 0 aliphatic heterocycles. The van der Waals surface area contributed by atoms with Crippen LogP contribution in [0.25, 0.3) is 0 Å². The fourth-order valence-corrected chi connectivity index (χ4v) is 2.19. The van der Waals surface area contributed by atoms with E-state index in [-0.39, 0.29) is 6.42 Å². The van der Waals surface area contributed by atoms with Crippen LogP contribution in [0.5, 0.6) is 5.88 Å². The summed E-state index contributed by atoms with van der Waals surface area (Å²) in [7, 11) is 1.43. The van der Waals surface area contributed by atoms with Gasteiger partial charge in [-0.2, -0.15) is 4.37 Å². The zero-order chi connectivity index (χ0) is 15.3. The highest BCUT2D eigenvalue weighted by molar-refractivity contribution is 7.03. The average Bonchev–Trinajstić information content (AvgIpc) is 2.72. The van der Waals surface area contributed by atoms with Crippen LogP contribution in [0.4, 0.5) is 4.79 Å². The second-order valence-corrected chi connectivity index (χ2v) is 5.70. The number of aromatic nitrogens is 1. The minimum Gasteiger partial charge on any atom is -0.481 e. The van der Waals surface area contributed by atoms with Crippen molar-refractivity contribution in [3.63, 3.8) is 0 Å². The van der Waals surface area contributed by atoms with Gasteiger partial charge in [-0.05, 0) is 32.3 Å². The molecule has 0 fully saturated rings. The van der Waals surface area contributed by atoms with Crippen molar-refractivity contribution < 1.29 is 24.2 Å². The molecule has 112 valence electrons. The summed E-state index contributed by atoms with van der Waals surface area (Å²) in [6.07, 6.45) is -0.967. The molecule has 1 atom stereocenters. The topological polar surface area (TPSA) is 97.8 Å². The molecule has 0 aliphatic carbocycles. The molecule has 0 saturated heterocycles. The predicted molar refractivity (Wildman–Crippen MR) is 73.0 cm³/mol. The van der Waals surface area contributed by atoms with E-state index in [1.807, 2.05) is 0 Å². The van der Waals surface area contributed by atoms with E-state index < -0.39 is 23.7 Å². The highest BCUT2D eigenvalue weighted by atomic mass is 32.1. The number of carboxylic acids is 1. The summed E-state index contributed by atoms with van der Waals surface area (Å²) in [6.45, 7) is 5.18. The summed E-state index contributed by atoms with van der Waals surface area (Å²) in [5, 5.41) is 13.1. The van der Waals surface area contributed by atoms with E-state index in [0.717, 1.165) is 11.5 Å². The molecule has 0 spiro atoms. The van der Waals surface area contributed by atoms with Crippen LogP contribution in [0.15, 0.2) is 5.38 Å². The minimum absolute atomic E-state index is 0.284. The van der Waals surface area contributed by atoms with Crippen molar-refractivity contribution in [2.45, 2.75) is 38.8 Å². The van der Waals surface area contributed by atoms with Crippen LogP contribution >= 0.6 is 11.5 Å². The fraction of sp³-hybridized carbons (Fsp3) is 0.583. The number of carbonyl (C=O) groups excluding carboxylic acids is 1. The Hall–Kier alpha value is -1.83. The lowest BCUT2D eigenvalue weighted by atomic mass is 10.1. The van der Waals surface area contributed by atoms with E-state index in [2.05, 4.69) is 9.69 Å². The van der Waals surface area contributed by atoms with E-state index in [1.165, 1.54) is 7.11 Å². The molecule has 1 unspecified atom stereocenters. The summed E-state index contributed by atoms with van der Waals surface area (Å²) in [6, 6.07) is -0.754. The standard InChI is InChI=1S/C12H18N2O5S/c1-12(2,3)19-11(17)13-8(5-9(15)16)7-6-20-14-10(7)18-4/h6,8H,5H2,1-4H3,(H,13,17)(H,15,16). The number of nitrogens with one attached hydrogen (secondary N) is 1. The van der Waals surface area contributed by atoms with Crippen LogP contribution in [0.1, 0.15) is 38.8 Å². The summed E-state index contributed by atoms with van der Waals surface area (Å²) >= 11 is 1.13. The largest absolute Gasteiger partial charge is 0.481 e. The SMILES string of the molecule is COc1nscc1C(CC(=O)O)NC(=O)OC(C)(C)C. The van der Waals surface area contributed by atoms with Gasteiger partial charge in [0.25, 0.3) is 0 Å². The number of carboxylic acid groups (broad SMARTS) is 1. The summed E-state index contributed by atoms with van der Waals surface area (Å²) < 4.78 is 14.1. The Morgan fingerprint density at radius 1 is 1.50 bits per heavy atom. The molecule has 7 nitrogen and oxygen atoms in total. The van der Waals surface area contributed by atoms with Crippen molar-refractivity contribution >= 4 is 23.6 Å². The Morgan fingerprint density at radius 2 is 2.15 bits per heavy atom. The van der Waals surface area contributed by atoms with Crippen molar-refractivity contribution in [2.24, 2.45) is 0 Å². The Bertz CT molecular complexity index is 480. The summed E-state index contributed by atoms with van der Waals surface area (Å²) in [4.78, 5) is 22.7. The number of rotatable bonds is 5. The molecule has 2 N–H and O–H groups in total. The number of alkyl carbamates (subject to hydrolysis) is 1. The Morgan fingerprint density at radius 3 is 2.65 bits per heavy atom. The van der Waals surface area contributed by atoms with Crippen molar-refractivity contribution in [2.75, 3.05) is 7.11 Å². The van der Waals surface area contributed by atoms with Gasteiger partial charge in [-0.15, -0.1) is 0 Å². The lowest BCUT2D eigenvalue weighted by molar-refractivity contribution is -0.137. The maximum Gasteiger partial charge on any atom is 0.408 e. The second-order valence-electron chi connectivity index (χ2n) is 5.08. The maximum absolute atomic E-state index is 11.8. The first-order valence-electron chi connectivity index (χ1n) is 5.92. The monoisotopic (exact) mass is 302 g/mol. The minimum atomic E-state index is -1.04. The Labute approximate surface area is 121 Å². The molecule has 1 aromatic rings. The van der Waals surface area contributed by atoms with Gasteiger partial charge in [0.15, 0.2) is 0 Å². The average molecular weight is 302 g/mol. The smallest absolute Gasteiger partial charge is 0.408 e. The van der Waals surface area contributed by atoms with Gasteiger partial charge in [-0.3, -0.25) is 4.79 Å². The zero-order valence-corrected chi connectivity index (χ0v) is 12.6. The van der Waals surface area contributed by atoms with E-state index in [9.17, 15) is 9.59 Å². The van der Waals surface area contributed by atoms with Gasteiger partial charge in [0.2, 0.25) is 5.88 Å². The summed E-state index contributed by atoms with van der Waals surface area (Å²) in [5.41, 5.74) is -0.139. The molecule has 20 heavy (non-hydrogen) atoms. The lowest BCUT2D eigenvalue weighted by Crippen LogP contribution is -2.35. The second kappa shape index (κ2) is 6.56. The van der Waals surface area contributed by atoms with Crippen molar-refractivity contribution in [3.8, 4) is 5.88 Å². The molecule has 0 aliphatic rings. The molecular weight excluding hydrogens is 284 g/mol. The molecule has 0 radical (unpaired) electrons. The van der Waals surface area contributed by atoms with Crippen LogP contribution in [0, 0.1) is 0 Å². The third kappa shape index (κ3) is 5.04.